The second kappa shape index (κ2) is 19.1. The maximum absolute atomic E-state index is 12.9. The maximum atomic E-state index is 12.9. The monoisotopic (exact) mass is 692 g/mol. The van der Waals surface area contributed by atoms with E-state index in [2.05, 4.69) is 26.3 Å². The lowest BCUT2D eigenvalue weighted by molar-refractivity contribution is -0.123. The largest absolute Gasteiger partial charge is 0.377 e. The predicted molar refractivity (Wildman–Crippen MR) is 166 cm³/mol. The molecule has 2 aliphatic rings. The molecule has 0 radical (unpaired) electrons. The summed E-state index contributed by atoms with van der Waals surface area (Å²) in [5.74, 6) is 2.58. The number of hydrogen-bond donors (Lipinski definition) is 4. The fourth-order valence-corrected chi connectivity index (χ4v) is 6.38. The Morgan fingerprint density at radius 1 is 1.07 bits per heavy atom. The highest BCUT2D eigenvalue weighted by Gasteiger charge is 2.37. The molecule has 45 heavy (non-hydrogen) atoms. The zero-order chi connectivity index (χ0) is 32.0. The first-order valence-electron chi connectivity index (χ1n) is 14.5. The lowest BCUT2D eigenvalue weighted by Crippen LogP contribution is -2.57. The smallest absolute Gasteiger partial charge is 0.242 e. The summed E-state index contributed by atoms with van der Waals surface area (Å²) in [6.45, 7) is 4.33. The quantitative estimate of drug-likeness (QED) is 0.0630. The molecule has 2 saturated heterocycles. The summed E-state index contributed by atoms with van der Waals surface area (Å²) >= 11 is 6.31. The second-order valence-electron chi connectivity index (χ2n) is 9.98. The van der Waals surface area contributed by atoms with E-state index >= 15 is 0 Å². The molecular weight excluding hydrogens is 654 g/mol. The zero-order valence-electron chi connectivity index (χ0n) is 24.7. The molecular formula is C26H39ClN6O10P2. The van der Waals surface area contributed by atoms with Gasteiger partial charge in [-0.1, -0.05) is 5.92 Å². The summed E-state index contributed by atoms with van der Waals surface area (Å²) in [6, 6.07) is -0.417. The van der Waals surface area contributed by atoms with E-state index in [1.807, 2.05) is 4.90 Å². The number of anilines is 1. The van der Waals surface area contributed by atoms with E-state index in [4.69, 9.17) is 56.0 Å². The molecule has 4 unspecified atom stereocenters. The molecule has 16 nitrogen and oxygen atoms in total. The van der Waals surface area contributed by atoms with E-state index < -0.39 is 29.0 Å². The summed E-state index contributed by atoms with van der Waals surface area (Å²) in [7, 11) is -4.15. The Bertz CT molecular complexity index is 1260. The molecule has 2 aromatic rings. The number of ether oxygens (including phenoxy) is 5. The number of rotatable bonds is 21. The number of aromatic nitrogens is 4. The van der Waals surface area contributed by atoms with Crippen molar-refractivity contribution in [2.24, 2.45) is 0 Å². The number of hydrogen-bond acceptors (Lipinski definition) is 14. The first-order chi connectivity index (χ1) is 21.9. The molecule has 0 aromatic carbocycles. The van der Waals surface area contributed by atoms with Gasteiger partial charge >= 0.3 is 0 Å². The van der Waals surface area contributed by atoms with Crippen LogP contribution in [0.5, 0.6) is 0 Å². The lowest BCUT2D eigenvalue weighted by Gasteiger charge is -2.40. The molecule has 4 heterocycles. The van der Waals surface area contributed by atoms with Gasteiger partial charge in [-0.3, -0.25) is 4.79 Å². The van der Waals surface area contributed by atoms with Crippen molar-refractivity contribution in [2.75, 3.05) is 83.4 Å². The number of carbonyl (C=O) groups excluding carboxylic acids is 1. The van der Waals surface area contributed by atoms with Gasteiger partial charge in [0.2, 0.25) is 11.2 Å². The highest BCUT2D eigenvalue weighted by atomic mass is 35.5. The van der Waals surface area contributed by atoms with E-state index in [0.29, 0.717) is 95.5 Å². The maximum Gasteiger partial charge on any atom is 0.242 e. The summed E-state index contributed by atoms with van der Waals surface area (Å²) in [5.41, 5.74) is 0.481. The molecule has 19 heteroatoms. The molecule has 0 aliphatic carbocycles. The van der Waals surface area contributed by atoms with Crippen LogP contribution < -0.4 is 10.2 Å². The Balaban J connectivity index is 1.18. The van der Waals surface area contributed by atoms with E-state index in [1.54, 1.807) is 10.9 Å². The average Bonchev–Trinajstić information content (AvgIpc) is 3.62. The second-order valence-corrected chi connectivity index (χ2v) is 13.2. The summed E-state index contributed by atoms with van der Waals surface area (Å²) in [4.78, 5) is 51.5. The van der Waals surface area contributed by atoms with E-state index in [1.165, 1.54) is 0 Å². The van der Waals surface area contributed by atoms with Gasteiger partial charge in [0.05, 0.1) is 76.4 Å². The summed E-state index contributed by atoms with van der Waals surface area (Å²) in [6.07, 6.45) is 7.92. The fourth-order valence-electron chi connectivity index (χ4n) is 4.69. The molecule has 0 saturated carbocycles. The Hall–Kier alpha value is -1.83. The van der Waals surface area contributed by atoms with Gasteiger partial charge in [0.15, 0.2) is 28.6 Å². The van der Waals surface area contributed by atoms with Crippen LogP contribution in [0.25, 0.3) is 11.0 Å². The van der Waals surface area contributed by atoms with Crippen molar-refractivity contribution < 1.29 is 47.7 Å². The number of nitrogens with one attached hydrogen (secondary N) is 1. The standard InChI is InChI=1S/C26H39ClN6O10P2/c1-2-8-38-10-12-40-14-15-41-13-11-39-9-6-28-25(34)21-5-7-32(21)23-20-16-29-33(24(20)31-26(27)30-23)22-4-3-19(43-22)17-42-45(37)18-44(35)36/h1,16,19,21-22,35-37H,3-15,17-18H2,(H,28,34). The fraction of sp³-hybridized carbons (Fsp3) is 0.692. The molecule has 2 fully saturated rings. The van der Waals surface area contributed by atoms with Crippen molar-refractivity contribution >= 4 is 51.1 Å². The highest BCUT2D eigenvalue weighted by molar-refractivity contribution is 7.63. The van der Waals surface area contributed by atoms with Gasteiger partial charge in [-0.15, -0.1) is 6.42 Å². The molecule has 250 valence electrons. The van der Waals surface area contributed by atoms with Gasteiger partial charge in [0.25, 0.3) is 0 Å². The number of carbonyl (C=O) groups is 1. The molecule has 0 spiro atoms. The Labute approximate surface area is 268 Å². The Kier molecular flexibility index (Phi) is 15.3. The van der Waals surface area contributed by atoms with Crippen LogP contribution in [0.3, 0.4) is 0 Å². The zero-order valence-corrected chi connectivity index (χ0v) is 27.2. The summed E-state index contributed by atoms with van der Waals surface area (Å²) < 4.78 is 34.5. The van der Waals surface area contributed by atoms with E-state index in [0.717, 1.165) is 0 Å². The van der Waals surface area contributed by atoms with Crippen LogP contribution in [-0.4, -0.2) is 131 Å². The topological polar surface area (TPSA) is 192 Å². The van der Waals surface area contributed by atoms with Crippen molar-refractivity contribution in [1.29, 1.82) is 0 Å². The van der Waals surface area contributed by atoms with E-state index in [9.17, 15) is 9.69 Å². The van der Waals surface area contributed by atoms with Crippen LogP contribution in [0.15, 0.2) is 6.20 Å². The lowest BCUT2D eigenvalue weighted by atomic mass is 10.0. The predicted octanol–water partition coefficient (Wildman–Crippen LogP) is 1.13. The third-order valence-corrected chi connectivity index (χ3v) is 9.46. The van der Waals surface area contributed by atoms with Gasteiger partial charge in [0.1, 0.15) is 18.5 Å². The van der Waals surface area contributed by atoms with Gasteiger partial charge in [-0.05, 0) is 30.9 Å². The van der Waals surface area contributed by atoms with Crippen molar-refractivity contribution in [3.8, 4) is 12.3 Å². The average molecular weight is 693 g/mol. The van der Waals surface area contributed by atoms with Crippen LogP contribution in [0, 0.1) is 12.3 Å². The van der Waals surface area contributed by atoms with Crippen LogP contribution in [0.4, 0.5) is 5.82 Å². The SMILES string of the molecule is C#CCOCCOCCOCCOCCNC(=O)C1CCN1c1nc(Cl)nc2c1cnn2C1CCC(COP(O)CP(O)O)O1. The van der Waals surface area contributed by atoms with Gasteiger partial charge < -0.3 is 53.1 Å². The molecule has 4 atom stereocenters. The van der Waals surface area contributed by atoms with Crippen molar-refractivity contribution in [1.82, 2.24) is 25.1 Å². The third-order valence-electron chi connectivity index (χ3n) is 6.86. The number of nitrogens with zero attached hydrogens (tertiary/aromatic N) is 5. The van der Waals surface area contributed by atoms with Gasteiger partial charge in [-0.25, -0.2) is 4.68 Å². The highest BCUT2D eigenvalue weighted by Crippen LogP contribution is 2.44. The normalized spacial score (nSPS) is 20.4. The number of amides is 1. The third kappa shape index (κ3) is 11.1. The van der Waals surface area contributed by atoms with Crippen LogP contribution in [-0.2, 0) is 33.0 Å². The Morgan fingerprint density at radius 3 is 2.44 bits per heavy atom. The van der Waals surface area contributed by atoms with E-state index in [-0.39, 0.29) is 36.4 Å². The molecule has 4 N–H and O–H groups in total. The van der Waals surface area contributed by atoms with Crippen LogP contribution in [0.1, 0.15) is 25.5 Å². The van der Waals surface area contributed by atoms with Crippen LogP contribution >= 0.6 is 28.4 Å². The van der Waals surface area contributed by atoms with Crippen molar-refractivity contribution in [3.63, 3.8) is 0 Å². The minimum atomic E-state index is -2.22. The van der Waals surface area contributed by atoms with Crippen molar-refractivity contribution in [3.05, 3.63) is 11.5 Å². The molecule has 1 amide bonds. The Morgan fingerprint density at radius 2 is 1.78 bits per heavy atom. The number of halogens is 1. The van der Waals surface area contributed by atoms with Gasteiger partial charge in [0, 0.05) is 13.1 Å². The molecule has 2 aliphatic heterocycles. The van der Waals surface area contributed by atoms with Crippen molar-refractivity contribution in [2.45, 2.75) is 37.6 Å². The summed E-state index contributed by atoms with van der Waals surface area (Å²) in [5, 5.41) is 8.06. The number of fused-ring (bicyclic) bond motifs is 1. The van der Waals surface area contributed by atoms with Gasteiger partial charge in [-0.2, -0.15) is 15.1 Å². The molecule has 2 aromatic heterocycles. The first-order valence-corrected chi connectivity index (χ1v) is 17.7. The first kappa shape index (κ1) is 36.0. The van der Waals surface area contributed by atoms with Crippen LogP contribution in [0.2, 0.25) is 5.28 Å². The minimum absolute atomic E-state index is 0.0230. The number of terminal acetylenes is 1. The minimum Gasteiger partial charge on any atom is -0.377 e. The molecule has 0 bridgehead atoms. The molecule has 4 rings (SSSR count).